The molecule has 0 spiro atoms. The Balaban J connectivity index is 1.64. The normalized spacial score (nSPS) is 11.4. The van der Waals surface area contributed by atoms with Crippen molar-refractivity contribution in [3.63, 3.8) is 0 Å². The van der Waals surface area contributed by atoms with Crippen LogP contribution in [0, 0.1) is 6.92 Å². The minimum absolute atomic E-state index is 0.0660. The summed E-state index contributed by atoms with van der Waals surface area (Å²) >= 11 is 0. The molecular weight excluding hydrogens is 387 g/mol. The van der Waals surface area contributed by atoms with Crippen molar-refractivity contribution in [3.05, 3.63) is 71.2 Å². The third kappa shape index (κ3) is 5.34. The summed E-state index contributed by atoms with van der Waals surface area (Å²) in [5.74, 6) is 0.0411. The fourth-order valence-electron chi connectivity index (χ4n) is 2.61. The lowest BCUT2D eigenvalue weighted by Gasteiger charge is -2.07. The standard InChI is InChI=1S/C20H18F3N3O3/c1-13-15(12-29-17-6-2-14(3-7-17)4-9-19(27)28)11-26(25-13)18-8-5-16(10-24-18)20(21,22)23/h2-3,5-8,10-11H,4,9,12H2,1H3,(H,27,28). The van der Waals surface area contributed by atoms with E-state index in [1.54, 1.807) is 37.4 Å². The van der Waals surface area contributed by atoms with Crippen LogP contribution in [0.2, 0.25) is 0 Å². The zero-order valence-electron chi connectivity index (χ0n) is 15.5. The lowest BCUT2D eigenvalue weighted by Crippen LogP contribution is -2.07. The molecule has 3 rings (SSSR count). The number of rotatable bonds is 7. The molecule has 152 valence electrons. The zero-order chi connectivity index (χ0) is 21.0. The van der Waals surface area contributed by atoms with Crippen molar-refractivity contribution < 1.29 is 27.8 Å². The Labute approximate surface area is 164 Å². The van der Waals surface area contributed by atoms with E-state index in [0.29, 0.717) is 17.9 Å². The molecule has 29 heavy (non-hydrogen) atoms. The van der Waals surface area contributed by atoms with Gasteiger partial charge in [0.15, 0.2) is 5.82 Å². The molecule has 0 aliphatic heterocycles. The number of aliphatic carboxylic acids is 1. The predicted molar refractivity (Wildman–Crippen MR) is 97.8 cm³/mol. The molecule has 9 heteroatoms. The Morgan fingerprint density at radius 3 is 2.48 bits per heavy atom. The first-order valence-electron chi connectivity index (χ1n) is 8.74. The molecule has 0 aliphatic carbocycles. The maximum absolute atomic E-state index is 12.7. The molecule has 1 N–H and O–H groups in total. The first kappa shape index (κ1) is 20.4. The Hall–Kier alpha value is -3.36. The topological polar surface area (TPSA) is 77.2 Å². The summed E-state index contributed by atoms with van der Waals surface area (Å²) in [4.78, 5) is 14.4. The van der Waals surface area contributed by atoms with Crippen LogP contribution >= 0.6 is 0 Å². The Morgan fingerprint density at radius 1 is 1.17 bits per heavy atom. The van der Waals surface area contributed by atoms with E-state index >= 15 is 0 Å². The Morgan fingerprint density at radius 2 is 1.90 bits per heavy atom. The minimum atomic E-state index is -4.44. The van der Waals surface area contributed by atoms with Crippen molar-refractivity contribution in [2.45, 2.75) is 32.5 Å². The molecule has 6 nitrogen and oxygen atoms in total. The highest BCUT2D eigenvalue weighted by atomic mass is 19.4. The number of nitrogens with zero attached hydrogens (tertiary/aromatic N) is 3. The number of ether oxygens (including phenoxy) is 1. The van der Waals surface area contributed by atoms with Gasteiger partial charge in [-0.1, -0.05) is 12.1 Å². The van der Waals surface area contributed by atoms with E-state index in [2.05, 4.69) is 10.1 Å². The van der Waals surface area contributed by atoms with Crippen molar-refractivity contribution in [2.24, 2.45) is 0 Å². The van der Waals surface area contributed by atoms with Crippen molar-refractivity contribution in [3.8, 4) is 11.6 Å². The van der Waals surface area contributed by atoms with Gasteiger partial charge in [-0.15, -0.1) is 0 Å². The van der Waals surface area contributed by atoms with E-state index < -0.39 is 17.7 Å². The molecule has 0 saturated heterocycles. The van der Waals surface area contributed by atoms with E-state index in [4.69, 9.17) is 9.84 Å². The van der Waals surface area contributed by atoms with Crippen LogP contribution < -0.4 is 4.74 Å². The highest BCUT2D eigenvalue weighted by molar-refractivity contribution is 5.67. The molecule has 0 amide bonds. The first-order chi connectivity index (χ1) is 13.7. The number of hydrogen-bond donors (Lipinski definition) is 1. The van der Waals surface area contributed by atoms with Crippen LogP contribution in [0.15, 0.2) is 48.8 Å². The van der Waals surface area contributed by atoms with Gasteiger partial charge in [0, 0.05) is 24.4 Å². The average Bonchev–Trinajstić information content (AvgIpc) is 3.05. The van der Waals surface area contributed by atoms with Gasteiger partial charge >= 0.3 is 12.1 Å². The summed E-state index contributed by atoms with van der Waals surface area (Å²) in [7, 11) is 0. The van der Waals surface area contributed by atoms with Crippen molar-refractivity contribution >= 4 is 5.97 Å². The fourth-order valence-corrected chi connectivity index (χ4v) is 2.61. The second-order valence-electron chi connectivity index (χ2n) is 6.41. The highest BCUT2D eigenvalue weighted by Crippen LogP contribution is 2.28. The number of carbonyl (C=O) groups is 1. The molecule has 0 aliphatic rings. The van der Waals surface area contributed by atoms with Crippen molar-refractivity contribution in [1.29, 1.82) is 0 Å². The number of hydrogen-bond acceptors (Lipinski definition) is 4. The molecule has 1 aromatic carbocycles. The SMILES string of the molecule is Cc1nn(-c2ccc(C(F)(F)F)cn2)cc1COc1ccc(CCC(=O)O)cc1. The molecule has 2 heterocycles. The second kappa shape index (κ2) is 8.34. The van der Waals surface area contributed by atoms with E-state index in [0.717, 1.165) is 23.4 Å². The number of benzene rings is 1. The first-order valence-corrected chi connectivity index (χ1v) is 8.74. The third-order valence-corrected chi connectivity index (χ3v) is 4.26. The van der Waals surface area contributed by atoms with Crippen LogP contribution in [0.3, 0.4) is 0 Å². The van der Waals surface area contributed by atoms with Crippen LogP contribution in [-0.4, -0.2) is 25.8 Å². The Kier molecular flexibility index (Phi) is 5.86. The summed E-state index contributed by atoms with van der Waals surface area (Å²) in [5, 5.41) is 13.0. The van der Waals surface area contributed by atoms with Gasteiger partial charge in [0.2, 0.25) is 0 Å². The van der Waals surface area contributed by atoms with Gasteiger partial charge in [0.25, 0.3) is 0 Å². The predicted octanol–water partition coefficient (Wildman–Crippen LogP) is 4.19. The molecule has 0 bridgehead atoms. The van der Waals surface area contributed by atoms with Crippen LogP contribution in [0.25, 0.3) is 5.82 Å². The monoisotopic (exact) mass is 405 g/mol. The molecule has 0 saturated carbocycles. The maximum Gasteiger partial charge on any atom is 0.417 e. The van der Waals surface area contributed by atoms with Gasteiger partial charge in [0.05, 0.1) is 11.3 Å². The summed E-state index contributed by atoms with van der Waals surface area (Å²) in [6.07, 6.45) is -1.49. The molecule has 0 fully saturated rings. The molecule has 0 atom stereocenters. The Bertz CT molecular complexity index is 981. The fraction of sp³-hybridized carbons (Fsp3) is 0.250. The molecule has 0 unspecified atom stereocenters. The van der Waals surface area contributed by atoms with Crippen LogP contribution in [0.1, 0.15) is 28.8 Å². The minimum Gasteiger partial charge on any atom is -0.489 e. The second-order valence-corrected chi connectivity index (χ2v) is 6.41. The number of aromatic nitrogens is 3. The van der Waals surface area contributed by atoms with Crippen molar-refractivity contribution in [2.75, 3.05) is 0 Å². The van der Waals surface area contributed by atoms with Gasteiger partial charge in [-0.05, 0) is 43.2 Å². The smallest absolute Gasteiger partial charge is 0.417 e. The summed E-state index contributed by atoms with van der Waals surface area (Å²) in [6, 6.07) is 9.35. The van der Waals surface area contributed by atoms with Crippen LogP contribution in [-0.2, 0) is 24.0 Å². The number of aryl methyl sites for hydroxylation is 2. The average molecular weight is 405 g/mol. The largest absolute Gasteiger partial charge is 0.489 e. The van der Waals surface area contributed by atoms with E-state index in [1.807, 2.05) is 0 Å². The van der Waals surface area contributed by atoms with Gasteiger partial charge in [0.1, 0.15) is 12.4 Å². The number of alkyl halides is 3. The number of carboxylic acids is 1. The number of carboxylic acid groups (broad SMARTS) is 1. The summed E-state index contributed by atoms with van der Waals surface area (Å²) in [6.45, 7) is 2.00. The van der Waals surface area contributed by atoms with E-state index in [1.165, 1.54) is 10.7 Å². The molecule has 0 radical (unpaired) electrons. The van der Waals surface area contributed by atoms with Gasteiger partial charge in [-0.3, -0.25) is 4.79 Å². The van der Waals surface area contributed by atoms with E-state index in [-0.39, 0.29) is 18.8 Å². The van der Waals surface area contributed by atoms with Crippen LogP contribution in [0.5, 0.6) is 5.75 Å². The maximum atomic E-state index is 12.7. The van der Waals surface area contributed by atoms with Gasteiger partial charge in [-0.2, -0.15) is 18.3 Å². The summed E-state index contributed by atoms with van der Waals surface area (Å²) in [5.41, 5.74) is 1.52. The van der Waals surface area contributed by atoms with Gasteiger partial charge in [-0.25, -0.2) is 9.67 Å². The number of pyridine rings is 1. The van der Waals surface area contributed by atoms with Gasteiger partial charge < -0.3 is 9.84 Å². The highest BCUT2D eigenvalue weighted by Gasteiger charge is 2.30. The lowest BCUT2D eigenvalue weighted by molar-refractivity contribution is -0.138. The van der Waals surface area contributed by atoms with Crippen molar-refractivity contribution in [1.82, 2.24) is 14.8 Å². The lowest BCUT2D eigenvalue weighted by atomic mass is 10.1. The molecular formula is C20H18F3N3O3. The molecule has 3 aromatic rings. The number of halogens is 3. The quantitative estimate of drug-likeness (QED) is 0.638. The molecule has 2 aromatic heterocycles. The summed E-state index contributed by atoms with van der Waals surface area (Å²) < 4.78 is 45.1. The van der Waals surface area contributed by atoms with Crippen LogP contribution in [0.4, 0.5) is 13.2 Å². The third-order valence-electron chi connectivity index (χ3n) is 4.26. The zero-order valence-corrected chi connectivity index (χ0v) is 15.5. The van der Waals surface area contributed by atoms with E-state index in [9.17, 15) is 18.0 Å².